The summed E-state index contributed by atoms with van der Waals surface area (Å²) >= 11 is 0.905. The molecule has 28 heavy (non-hydrogen) atoms. The highest BCUT2D eigenvalue weighted by Crippen LogP contribution is 2.37. The first-order chi connectivity index (χ1) is 13.4. The van der Waals surface area contributed by atoms with E-state index in [1.807, 2.05) is 43.3 Å². The van der Waals surface area contributed by atoms with Crippen molar-refractivity contribution in [1.29, 1.82) is 0 Å². The maximum Gasteiger partial charge on any atom is 0.298 e. The smallest absolute Gasteiger partial charge is 0.298 e. The number of aromatic nitrogens is 1. The lowest BCUT2D eigenvalue weighted by molar-refractivity contribution is -0.118. The minimum Gasteiger partial charge on any atom is -0.368 e. The molecule has 0 aliphatic carbocycles. The Balaban J connectivity index is 1.74. The van der Waals surface area contributed by atoms with Gasteiger partial charge in [-0.05, 0) is 43.0 Å². The summed E-state index contributed by atoms with van der Waals surface area (Å²) < 4.78 is 1.74. The van der Waals surface area contributed by atoms with E-state index in [0.29, 0.717) is 10.6 Å². The number of nitrogens with zero attached hydrogens (tertiary/aromatic N) is 2. The fourth-order valence-electron chi connectivity index (χ4n) is 3.21. The van der Waals surface area contributed by atoms with Crippen molar-refractivity contribution in [3.05, 3.63) is 70.8 Å². The van der Waals surface area contributed by atoms with Crippen LogP contribution in [0.2, 0.25) is 0 Å². The molecule has 1 aromatic heterocycles. The zero-order valence-electron chi connectivity index (χ0n) is 15.1. The topological polar surface area (TPSA) is 85.4 Å². The number of imide groups is 1. The zero-order valence-corrected chi connectivity index (χ0v) is 15.9. The average Bonchev–Trinajstić information content (AvgIpc) is 3.13. The van der Waals surface area contributed by atoms with Crippen LogP contribution in [0.15, 0.2) is 59.6 Å². The van der Waals surface area contributed by atoms with Crippen molar-refractivity contribution in [3.8, 4) is 0 Å². The SMILES string of the molecule is Cc1ccc(N2C(=O)S/C(=C\c3cn(CC(N)=O)c4ccccc34)C2=O)cc1. The third-order valence-corrected chi connectivity index (χ3v) is 5.39. The lowest BCUT2D eigenvalue weighted by Crippen LogP contribution is -2.27. The molecule has 2 N–H and O–H groups in total. The van der Waals surface area contributed by atoms with Crippen LogP contribution in [0, 0.1) is 6.92 Å². The Hall–Kier alpha value is -3.32. The van der Waals surface area contributed by atoms with Gasteiger partial charge in [-0.2, -0.15) is 0 Å². The molecule has 140 valence electrons. The second kappa shape index (κ2) is 7.01. The number of anilines is 1. The maximum absolute atomic E-state index is 12.9. The number of aryl methyl sites for hydroxylation is 1. The number of amides is 3. The fourth-order valence-corrected chi connectivity index (χ4v) is 4.05. The zero-order chi connectivity index (χ0) is 19.8. The van der Waals surface area contributed by atoms with E-state index in [1.165, 1.54) is 4.90 Å². The highest BCUT2D eigenvalue weighted by Gasteiger charge is 2.36. The van der Waals surface area contributed by atoms with Crippen molar-refractivity contribution in [2.45, 2.75) is 13.5 Å². The van der Waals surface area contributed by atoms with Crippen LogP contribution in [0.4, 0.5) is 10.5 Å². The molecule has 1 saturated heterocycles. The van der Waals surface area contributed by atoms with Crippen LogP contribution in [-0.4, -0.2) is 21.6 Å². The number of thioether (sulfide) groups is 1. The van der Waals surface area contributed by atoms with Gasteiger partial charge in [0.25, 0.3) is 11.1 Å². The third kappa shape index (κ3) is 3.20. The second-order valence-electron chi connectivity index (χ2n) is 6.55. The summed E-state index contributed by atoms with van der Waals surface area (Å²) in [6.07, 6.45) is 3.47. The van der Waals surface area contributed by atoms with Gasteiger partial charge >= 0.3 is 0 Å². The van der Waals surface area contributed by atoms with Gasteiger partial charge in [0.1, 0.15) is 6.54 Å². The maximum atomic E-state index is 12.9. The molecule has 1 aliphatic rings. The van der Waals surface area contributed by atoms with Crippen LogP contribution < -0.4 is 10.6 Å². The van der Waals surface area contributed by atoms with Crippen molar-refractivity contribution in [1.82, 2.24) is 4.57 Å². The molecule has 0 unspecified atom stereocenters. The molecule has 1 fully saturated rings. The number of para-hydroxylation sites is 1. The first-order valence-electron chi connectivity index (χ1n) is 8.65. The van der Waals surface area contributed by atoms with Crippen molar-refractivity contribution in [2.75, 3.05) is 4.90 Å². The molecule has 6 nitrogen and oxygen atoms in total. The molecular weight excluding hydrogens is 374 g/mol. The second-order valence-corrected chi connectivity index (χ2v) is 7.54. The lowest BCUT2D eigenvalue weighted by atomic mass is 10.1. The van der Waals surface area contributed by atoms with Gasteiger partial charge in [-0.25, -0.2) is 4.90 Å². The number of primary amides is 1. The first kappa shape index (κ1) is 18.1. The Labute approximate surface area is 165 Å². The Morgan fingerprint density at radius 1 is 1.11 bits per heavy atom. The van der Waals surface area contributed by atoms with Crippen molar-refractivity contribution >= 4 is 51.5 Å². The molecule has 0 bridgehead atoms. The lowest BCUT2D eigenvalue weighted by Gasteiger charge is -2.12. The van der Waals surface area contributed by atoms with Gasteiger partial charge in [-0.3, -0.25) is 14.4 Å². The van der Waals surface area contributed by atoms with Gasteiger partial charge in [0.05, 0.1) is 10.6 Å². The van der Waals surface area contributed by atoms with E-state index in [0.717, 1.165) is 33.8 Å². The molecule has 0 radical (unpaired) electrons. The van der Waals surface area contributed by atoms with Crippen LogP contribution >= 0.6 is 11.8 Å². The molecule has 0 atom stereocenters. The van der Waals surface area contributed by atoms with Crippen molar-refractivity contribution in [2.24, 2.45) is 5.73 Å². The molecule has 4 rings (SSSR count). The number of nitrogens with two attached hydrogens (primary N) is 1. The van der Waals surface area contributed by atoms with E-state index in [4.69, 9.17) is 5.73 Å². The van der Waals surface area contributed by atoms with Crippen LogP contribution in [0.3, 0.4) is 0 Å². The Bertz CT molecular complexity index is 1150. The number of fused-ring (bicyclic) bond motifs is 1. The predicted molar refractivity (Wildman–Crippen MR) is 111 cm³/mol. The van der Waals surface area contributed by atoms with Gasteiger partial charge in [-0.1, -0.05) is 35.9 Å². The molecule has 3 amide bonds. The number of carbonyl (C=O) groups is 3. The minimum absolute atomic E-state index is 0.0409. The van der Waals surface area contributed by atoms with E-state index in [1.54, 1.807) is 29.0 Å². The van der Waals surface area contributed by atoms with E-state index in [9.17, 15) is 14.4 Å². The van der Waals surface area contributed by atoms with E-state index in [-0.39, 0.29) is 17.7 Å². The summed E-state index contributed by atoms with van der Waals surface area (Å²) in [5.74, 6) is -0.808. The van der Waals surface area contributed by atoms with Crippen molar-refractivity contribution < 1.29 is 14.4 Å². The quantitative estimate of drug-likeness (QED) is 0.688. The van der Waals surface area contributed by atoms with Crippen LogP contribution in [0.5, 0.6) is 0 Å². The summed E-state index contributed by atoms with van der Waals surface area (Å²) in [4.78, 5) is 38.2. The summed E-state index contributed by atoms with van der Waals surface area (Å²) in [7, 11) is 0. The fraction of sp³-hybridized carbons (Fsp3) is 0.0952. The van der Waals surface area contributed by atoms with E-state index >= 15 is 0 Å². The molecule has 0 saturated carbocycles. The number of hydrogen-bond acceptors (Lipinski definition) is 4. The van der Waals surface area contributed by atoms with Crippen LogP contribution in [0.25, 0.3) is 17.0 Å². The average molecular weight is 391 g/mol. The molecule has 0 spiro atoms. The highest BCUT2D eigenvalue weighted by molar-refractivity contribution is 8.19. The standard InChI is InChI=1S/C21H17N3O3S/c1-13-6-8-15(9-7-13)24-20(26)18(28-21(24)27)10-14-11-23(12-19(22)25)17-5-3-2-4-16(14)17/h2-11H,12H2,1H3,(H2,22,25)/b18-10-. The molecule has 2 heterocycles. The summed E-state index contributed by atoms with van der Waals surface area (Å²) in [6, 6.07) is 14.8. The van der Waals surface area contributed by atoms with Crippen molar-refractivity contribution in [3.63, 3.8) is 0 Å². The Morgan fingerprint density at radius 2 is 1.82 bits per heavy atom. The molecular formula is C21H17N3O3S. The highest BCUT2D eigenvalue weighted by atomic mass is 32.2. The summed E-state index contributed by atoms with van der Waals surface area (Å²) in [5, 5.41) is 0.548. The normalized spacial score (nSPS) is 15.8. The number of rotatable bonds is 4. The minimum atomic E-state index is -0.452. The van der Waals surface area contributed by atoms with Crippen LogP contribution in [0.1, 0.15) is 11.1 Å². The van der Waals surface area contributed by atoms with E-state index in [2.05, 4.69) is 0 Å². The third-order valence-electron chi connectivity index (χ3n) is 4.52. The monoisotopic (exact) mass is 391 g/mol. The van der Waals surface area contributed by atoms with Crippen LogP contribution in [-0.2, 0) is 16.1 Å². The molecule has 2 aromatic carbocycles. The largest absolute Gasteiger partial charge is 0.368 e. The van der Waals surface area contributed by atoms with Gasteiger partial charge in [0.2, 0.25) is 5.91 Å². The Kier molecular flexibility index (Phi) is 4.52. The van der Waals surface area contributed by atoms with Gasteiger partial charge < -0.3 is 10.3 Å². The summed E-state index contributed by atoms with van der Waals surface area (Å²) in [5.41, 5.74) is 8.53. The Morgan fingerprint density at radius 3 is 2.54 bits per heavy atom. The van der Waals surface area contributed by atoms with Gasteiger partial charge in [0, 0.05) is 22.7 Å². The molecule has 1 aliphatic heterocycles. The number of benzene rings is 2. The first-order valence-corrected chi connectivity index (χ1v) is 9.46. The molecule has 3 aromatic rings. The predicted octanol–water partition coefficient (Wildman–Crippen LogP) is 3.68. The number of carbonyl (C=O) groups excluding carboxylic acids is 3. The van der Waals surface area contributed by atoms with E-state index < -0.39 is 5.91 Å². The van der Waals surface area contributed by atoms with Gasteiger partial charge in [-0.15, -0.1) is 0 Å². The van der Waals surface area contributed by atoms with Gasteiger partial charge in [0.15, 0.2) is 0 Å². The summed E-state index contributed by atoms with van der Waals surface area (Å²) in [6.45, 7) is 1.98. The number of hydrogen-bond donors (Lipinski definition) is 1. The molecule has 7 heteroatoms.